The number of urea groups is 1. The quantitative estimate of drug-likeness (QED) is 0.909. The molecule has 3 rings (SSSR count). The lowest BCUT2D eigenvalue weighted by Gasteiger charge is -2.33. The highest BCUT2D eigenvalue weighted by molar-refractivity contribution is 5.74. The number of amides is 2. The number of hydrogen-bond donors (Lipinski definition) is 1. The summed E-state index contributed by atoms with van der Waals surface area (Å²) in [5.74, 6) is 0.360. The normalized spacial score (nSPS) is 17.2. The second-order valence-electron chi connectivity index (χ2n) is 6.22. The summed E-state index contributed by atoms with van der Waals surface area (Å²) in [7, 11) is 0. The summed E-state index contributed by atoms with van der Waals surface area (Å²) in [5.41, 5.74) is 0.741. The Morgan fingerprint density at radius 1 is 1.36 bits per heavy atom. The van der Waals surface area contributed by atoms with Crippen molar-refractivity contribution >= 4 is 6.03 Å². The van der Waals surface area contributed by atoms with E-state index >= 15 is 0 Å². The molecule has 2 aromatic rings. The average Bonchev–Trinajstić information content (AvgIpc) is 2.61. The number of hydrogen-bond acceptors (Lipinski definition) is 3. The van der Waals surface area contributed by atoms with Crippen LogP contribution in [0.5, 0.6) is 11.6 Å². The van der Waals surface area contributed by atoms with E-state index in [1.54, 1.807) is 24.4 Å². The fourth-order valence-corrected chi connectivity index (χ4v) is 2.96. The van der Waals surface area contributed by atoms with Crippen molar-refractivity contribution in [3.8, 4) is 11.6 Å². The van der Waals surface area contributed by atoms with Crippen LogP contribution in [0.3, 0.4) is 0 Å². The second kappa shape index (κ2) is 7.96. The number of rotatable bonds is 4. The Labute approximate surface area is 146 Å². The van der Waals surface area contributed by atoms with Gasteiger partial charge in [0.05, 0.1) is 0 Å². The third-order valence-electron chi connectivity index (χ3n) is 4.35. The van der Waals surface area contributed by atoms with Gasteiger partial charge >= 0.3 is 6.03 Å². The minimum atomic E-state index is -0.373. The molecule has 0 radical (unpaired) electrons. The maximum atomic E-state index is 13.3. The summed E-state index contributed by atoms with van der Waals surface area (Å²) < 4.78 is 19.0. The highest BCUT2D eigenvalue weighted by Crippen LogP contribution is 2.23. The van der Waals surface area contributed by atoms with Gasteiger partial charge in [0.15, 0.2) is 0 Å². The van der Waals surface area contributed by atoms with Crippen LogP contribution in [0.25, 0.3) is 0 Å². The van der Waals surface area contributed by atoms with Gasteiger partial charge in [-0.2, -0.15) is 0 Å². The minimum Gasteiger partial charge on any atom is -0.439 e. The number of nitrogens with zero attached hydrogens (tertiary/aromatic N) is 2. The molecule has 0 unspecified atom stereocenters. The van der Waals surface area contributed by atoms with Crippen molar-refractivity contribution < 1.29 is 13.9 Å². The number of carbonyl (C=O) groups is 1. The van der Waals surface area contributed by atoms with E-state index in [9.17, 15) is 9.18 Å². The SMILES string of the molecule is C[C@H]1CCCCN1C(=O)NCc1cccnc1Oc1cccc(F)c1. The molecule has 6 heteroatoms. The summed E-state index contributed by atoms with van der Waals surface area (Å²) in [6.45, 7) is 3.16. The summed E-state index contributed by atoms with van der Waals surface area (Å²) in [6, 6.07) is 9.69. The fraction of sp³-hybridized carbons (Fsp3) is 0.368. The molecule has 1 N–H and O–H groups in total. The topological polar surface area (TPSA) is 54.5 Å². The smallest absolute Gasteiger partial charge is 0.317 e. The molecule has 0 saturated carbocycles. The Balaban J connectivity index is 1.65. The molecule has 25 heavy (non-hydrogen) atoms. The van der Waals surface area contributed by atoms with Crippen molar-refractivity contribution in [2.45, 2.75) is 38.8 Å². The van der Waals surface area contributed by atoms with Gasteiger partial charge in [0.1, 0.15) is 11.6 Å². The van der Waals surface area contributed by atoms with Crippen LogP contribution < -0.4 is 10.1 Å². The summed E-state index contributed by atoms with van der Waals surface area (Å²) in [6.07, 6.45) is 4.85. The van der Waals surface area contributed by atoms with Crippen LogP contribution in [0, 0.1) is 5.82 Å². The number of nitrogens with one attached hydrogen (secondary N) is 1. The highest BCUT2D eigenvalue weighted by atomic mass is 19.1. The lowest BCUT2D eigenvalue weighted by molar-refractivity contribution is 0.157. The molecule has 1 saturated heterocycles. The Kier molecular flexibility index (Phi) is 5.48. The molecule has 2 amide bonds. The second-order valence-corrected chi connectivity index (χ2v) is 6.22. The van der Waals surface area contributed by atoms with E-state index in [4.69, 9.17) is 4.74 Å². The molecule has 5 nitrogen and oxygen atoms in total. The largest absolute Gasteiger partial charge is 0.439 e. The van der Waals surface area contributed by atoms with Crippen molar-refractivity contribution in [2.75, 3.05) is 6.54 Å². The first-order valence-electron chi connectivity index (χ1n) is 8.55. The number of piperidine rings is 1. The zero-order chi connectivity index (χ0) is 17.6. The maximum Gasteiger partial charge on any atom is 0.317 e. The lowest BCUT2D eigenvalue weighted by atomic mass is 10.0. The third-order valence-corrected chi connectivity index (χ3v) is 4.35. The van der Waals surface area contributed by atoms with E-state index < -0.39 is 0 Å². The van der Waals surface area contributed by atoms with E-state index in [1.165, 1.54) is 18.6 Å². The number of benzene rings is 1. The Morgan fingerprint density at radius 3 is 3.04 bits per heavy atom. The van der Waals surface area contributed by atoms with Crippen molar-refractivity contribution in [3.63, 3.8) is 0 Å². The van der Waals surface area contributed by atoms with Gasteiger partial charge in [-0.25, -0.2) is 14.2 Å². The predicted octanol–water partition coefficient (Wildman–Crippen LogP) is 4.10. The molecule has 0 spiro atoms. The maximum absolute atomic E-state index is 13.3. The van der Waals surface area contributed by atoms with Crippen LogP contribution in [-0.2, 0) is 6.54 Å². The molecule has 0 bridgehead atoms. The first kappa shape index (κ1) is 17.2. The van der Waals surface area contributed by atoms with Crippen LogP contribution in [0.15, 0.2) is 42.6 Å². The van der Waals surface area contributed by atoms with E-state index in [2.05, 4.69) is 17.2 Å². The zero-order valence-corrected chi connectivity index (χ0v) is 14.2. The number of pyridine rings is 1. The summed E-state index contributed by atoms with van der Waals surface area (Å²) in [5, 5.41) is 2.93. The molecule has 2 heterocycles. The standard InChI is InChI=1S/C19H22FN3O2/c1-14-6-2-3-11-23(14)19(24)22-13-15-7-5-10-21-18(15)25-17-9-4-8-16(20)12-17/h4-5,7-10,12,14H,2-3,6,11,13H2,1H3,(H,22,24)/t14-/m0/s1. The summed E-state index contributed by atoms with van der Waals surface area (Å²) in [4.78, 5) is 18.5. The van der Waals surface area contributed by atoms with Gasteiger partial charge in [-0.3, -0.25) is 0 Å². The van der Waals surface area contributed by atoms with Crippen LogP contribution in [0.1, 0.15) is 31.7 Å². The number of ether oxygens (including phenoxy) is 1. The van der Waals surface area contributed by atoms with E-state index in [1.807, 2.05) is 11.0 Å². The van der Waals surface area contributed by atoms with Crippen LogP contribution in [0.4, 0.5) is 9.18 Å². The third kappa shape index (κ3) is 4.47. The van der Waals surface area contributed by atoms with E-state index in [-0.39, 0.29) is 17.9 Å². The first-order chi connectivity index (χ1) is 12.1. The Morgan fingerprint density at radius 2 is 2.24 bits per heavy atom. The number of likely N-dealkylation sites (tertiary alicyclic amines) is 1. The van der Waals surface area contributed by atoms with E-state index in [0.29, 0.717) is 18.2 Å². The zero-order valence-electron chi connectivity index (χ0n) is 14.2. The molecule has 1 fully saturated rings. The molecule has 132 valence electrons. The van der Waals surface area contributed by atoms with Gasteiger partial charge in [0.25, 0.3) is 0 Å². The van der Waals surface area contributed by atoms with Crippen LogP contribution in [-0.4, -0.2) is 28.5 Å². The van der Waals surface area contributed by atoms with Crippen molar-refractivity contribution in [3.05, 3.63) is 54.0 Å². The molecule has 1 aromatic carbocycles. The molecular formula is C19H22FN3O2. The van der Waals surface area contributed by atoms with Gasteiger partial charge in [0, 0.05) is 37.0 Å². The molecule has 1 aliphatic heterocycles. The highest BCUT2D eigenvalue weighted by Gasteiger charge is 2.23. The van der Waals surface area contributed by atoms with Crippen molar-refractivity contribution in [1.82, 2.24) is 15.2 Å². The minimum absolute atomic E-state index is 0.0761. The van der Waals surface area contributed by atoms with Gasteiger partial charge < -0.3 is 15.0 Å². The predicted molar refractivity (Wildman–Crippen MR) is 93.0 cm³/mol. The molecule has 1 atom stereocenters. The molecule has 0 aliphatic carbocycles. The number of aromatic nitrogens is 1. The monoisotopic (exact) mass is 343 g/mol. The molecular weight excluding hydrogens is 321 g/mol. The number of carbonyl (C=O) groups excluding carboxylic acids is 1. The van der Waals surface area contributed by atoms with E-state index in [0.717, 1.165) is 24.9 Å². The van der Waals surface area contributed by atoms with Gasteiger partial charge in [-0.15, -0.1) is 0 Å². The summed E-state index contributed by atoms with van der Waals surface area (Å²) >= 11 is 0. The molecule has 1 aromatic heterocycles. The van der Waals surface area contributed by atoms with Crippen molar-refractivity contribution in [1.29, 1.82) is 0 Å². The first-order valence-corrected chi connectivity index (χ1v) is 8.55. The average molecular weight is 343 g/mol. The van der Waals surface area contributed by atoms with Crippen LogP contribution >= 0.6 is 0 Å². The Hall–Kier alpha value is -2.63. The van der Waals surface area contributed by atoms with Gasteiger partial charge in [0.2, 0.25) is 5.88 Å². The Bertz CT molecular complexity index is 738. The molecule has 1 aliphatic rings. The number of halogens is 1. The van der Waals surface area contributed by atoms with Crippen molar-refractivity contribution in [2.24, 2.45) is 0 Å². The van der Waals surface area contributed by atoms with Gasteiger partial charge in [-0.1, -0.05) is 12.1 Å². The fourth-order valence-electron chi connectivity index (χ4n) is 2.96. The lowest BCUT2D eigenvalue weighted by Crippen LogP contribution is -2.47. The van der Waals surface area contributed by atoms with Crippen LogP contribution in [0.2, 0.25) is 0 Å². The van der Waals surface area contributed by atoms with Gasteiger partial charge in [-0.05, 0) is 44.4 Å².